The molecule has 0 unspecified atom stereocenters. The fourth-order valence-corrected chi connectivity index (χ4v) is 1.98. The van der Waals surface area contributed by atoms with E-state index in [0.29, 0.717) is 11.2 Å². The second-order valence-corrected chi connectivity index (χ2v) is 4.42. The third kappa shape index (κ3) is 3.36. The Hall–Kier alpha value is -1.34. The van der Waals surface area contributed by atoms with Crippen LogP contribution in [-0.4, -0.2) is 25.8 Å². The first kappa shape index (κ1) is 14.1. The fraction of sp³-hybridized carbons (Fsp3) is 0.455. The zero-order chi connectivity index (χ0) is 14.0. The largest absolute Gasteiger partial charge is 0.389 e. The minimum atomic E-state index is -4.18. The van der Waals surface area contributed by atoms with Crippen molar-refractivity contribution < 1.29 is 18.3 Å². The van der Waals surface area contributed by atoms with E-state index in [1.807, 2.05) is 0 Å². The molecule has 0 saturated heterocycles. The second-order valence-electron chi connectivity index (χ2n) is 4.03. The van der Waals surface area contributed by atoms with Gasteiger partial charge in [-0.05, 0) is 18.6 Å². The minimum Gasteiger partial charge on any atom is -0.388 e. The van der Waals surface area contributed by atoms with E-state index < -0.39 is 12.6 Å². The van der Waals surface area contributed by atoms with Gasteiger partial charge < -0.3 is 9.67 Å². The molecule has 0 bridgehead atoms. The summed E-state index contributed by atoms with van der Waals surface area (Å²) < 4.78 is 37.9. The van der Waals surface area contributed by atoms with Gasteiger partial charge in [0.1, 0.15) is 17.6 Å². The highest BCUT2D eigenvalue weighted by Gasteiger charge is 2.26. The Morgan fingerprint density at radius 1 is 1.26 bits per heavy atom. The Kier molecular flexibility index (Phi) is 3.96. The molecule has 0 aliphatic rings. The molecule has 0 radical (unpaired) electrons. The van der Waals surface area contributed by atoms with Crippen molar-refractivity contribution in [1.82, 2.24) is 14.5 Å². The van der Waals surface area contributed by atoms with Crippen LogP contribution in [0.15, 0.2) is 12.1 Å². The predicted octanol–water partition coefficient (Wildman–Crippen LogP) is 2.92. The van der Waals surface area contributed by atoms with Crippen molar-refractivity contribution in [3.8, 4) is 0 Å². The van der Waals surface area contributed by atoms with E-state index in [4.69, 9.17) is 11.6 Å². The number of aryl methyl sites for hydroxylation is 1. The van der Waals surface area contributed by atoms with E-state index in [-0.39, 0.29) is 30.5 Å². The number of hydrogen-bond acceptors (Lipinski definition) is 3. The predicted molar refractivity (Wildman–Crippen MR) is 63.7 cm³/mol. The van der Waals surface area contributed by atoms with Crippen LogP contribution in [0.4, 0.5) is 13.2 Å². The number of aliphatic hydroxyl groups excluding tert-OH is 1. The number of aliphatic hydroxyl groups is 1. The molecule has 19 heavy (non-hydrogen) atoms. The second kappa shape index (κ2) is 5.34. The van der Waals surface area contributed by atoms with Gasteiger partial charge >= 0.3 is 6.18 Å². The summed E-state index contributed by atoms with van der Waals surface area (Å²) in [7, 11) is 0. The molecular weight excluding hydrogens is 283 g/mol. The first-order chi connectivity index (χ1) is 8.90. The lowest BCUT2D eigenvalue weighted by Gasteiger charge is -2.09. The molecule has 2 heterocycles. The van der Waals surface area contributed by atoms with Crippen molar-refractivity contribution in [2.75, 3.05) is 0 Å². The summed E-state index contributed by atoms with van der Waals surface area (Å²) in [6, 6.07) is 3.16. The van der Waals surface area contributed by atoms with Gasteiger partial charge in [0.25, 0.3) is 0 Å². The first-order valence-electron chi connectivity index (χ1n) is 5.60. The van der Waals surface area contributed by atoms with Gasteiger partial charge in [0.2, 0.25) is 0 Å². The average molecular weight is 294 g/mol. The van der Waals surface area contributed by atoms with Gasteiger partial charge in [-0.25, -0.2) is 9.97 Å². The van der Waals surface area contributed by atoms with Crippen LogP contribution in [0.25, 0.3) is 11.2 Å². The zero-order valence-electron chi connectivity index (χ0n) is 9.78. The lowest BCUT2D eigenvalue weighted by Crippen LogP contribution is -2.10. The fourth-order valence-electron chi connectivity index (χ4n) is 1.84. The molecular formula is C11H11ClF3N3O. The van der Waals surface area contributed by atoms with Gasteiger partial charge in [-0.3, -0.25) is 0 Å². The molecule has 0 aliphatic heterocycles. The van der Waals surface area contributed by atoms with Gasteiger partial charge in [-0.15, -0.1) is 0 Å². The molecule has 2 aromatic rings. The molecule has 0 aliphatic carbocycles. The smallest absolute Gasteiger partial charge is 0.388 e. The van der Waals surface area contributed by atoms with Crippen LogP contribution >= 0.6 is 11.6 Å². The summed E-state index contributed by atoms with van der Waals surface area (Å²) in [5.41, 5.74) is 0.888. The third-order valence-corrected chi connectivity index (χ3v) is 2.85. The summed E-state index contributed by atoms with van der Waals surface area (Å²) in [6.45, 7) is -0.241. The van der Waals surface area contributed by atoms with Crippen molar-refractivity contribution in [2.45, 2.75) is 32.2 Å². The van der Waals surface area contributed by atoms with E-state index in [1.54, 1.807) is 6.07 Å². The van der Waals surface area contributed by atoms with E-state index >= 15 is 0 Å². The lowest BCUT2D eigenvalue weighted by atomic mass is 10.3. The van der Waals surface area contributed by atoms with Crippen LogP contribution < -0.4 is 0 Å². The summed E-state index contributed by atoms with van der Waals surface area (Å²) in [4.78, 5) is 8.01. The molecule has 0 saturated carbocycles. The summed E-state index contributed by atoms with van der Waals surface area (Å²) in [5, 5.41) is 9.43. The molecule has 8 heteroatoms. The van der Waals surface area contributed by atoms with E-state index in [0.717, 1.165) is 0 Å². The molecule has 0 aromatic carbocycles. The number of hydrogen-bond donors (Lipinski definition) is 1. The quantitative estimate of drug-likeness (QED) is 0.882. The van der Waals surface area contributed by atoms with Gasteiger partial charge in [0.05, 0.1) is 5.52 Å². The highest BCUT2D eigenvalue weighted by Crippen LogP contribution is 2.23. The molecule has 4 nitrogen and oxygen atoms in total. The SMILES string of the molecule is OCc1nc2nc(Cl)ccc2n1CCCC(F)(F)F. The van der Waals surface area contributed by atoms with Crippen molar-refractivity contribution in [3.05, 3.63) is 23.1 Å². The van der Waals surface area contributed by atoms with Crippen molar-refractivity contribution in [1.29, 1.82) is 0 Å². The highest BCUT2D eigenvalue weighted by molar-refractivity contribution is 6.29. The van der Waals surface area contributed by atoms with Gasteiger partial charge in [-0.1, -0.05) is 11.6 Å². The number of imidazole rings is 1. The Morgan fingerprint density at radius 2 is 2.00 bits per heavy atom. The Bertz CT molecular complexity index is 582. The van der Waals surface area contributed by atoms with E-state index in [1.165, 1.54) is 10.6 Å². The lowest BCUT2D eigenvalue weighted by molar-refractivity contribution is -0.135. The van der Waals surface area contributed by atoms with Crippen LogP contribution in [0.1, 0.15) is 18.7 Å². The molecule has 0 spiro atoms. The number of fused-ring (bicyclic) bond motifs is 1. The molecule has 0 atom stereocenters. The van der Waals surface area contributed by atoms with Gasteiger partial charge in [0, 0.05) is 13.0 Å². The Labute approximate surface area is 111 Å². The van der Waals surface area contributed by atoms with Crippen LogP contribution in [0.3, 0.4) is 0 Å². The maximum absolute atomic E-state index is 12.1. The Balaban J connectivity index is 2.25. The normalized spacial score (nSPS) is 12.3. The van der Waals surface area contributed by atoms with Gasteiger partial charge in [0.15, 0.2) is 5.65 Å². The number of halogens is 4. The van der Waals surface area contributed by atoms with E-state index in [9.17, 15) is 18.3 Å². The standard InChI is InChI=1S/C11H11ClF3N3O/c12-8-3-2-7-10(16-8)17-9(6-19)18(7)5-1-4-11(13,14)15/h2-3,19H,1,4-6H2. The average Bonchev–Trinajstić information content (AvgIpc) is 2.65. The number of alkyl halides is 3. The molecule has 104 valence electrons. The Morgan fingerprint density at radius 3 is 2.63 bits per heavy atom. The maximum atomic E-state index is 12.1. The summed E-state index contributed by atoms with van der Waals surface area (Å²) in [5.74, 6) is 0.284. The van der Waals surface area contributed by atoms with Crippen molar-refractivity contribution >= 4 is 22.8 Å². The molecule has 2 rings (SSSR count). The molecule has 1 N–H and O–H groups in total. The summed E-state index contributed by atoms with van der Waals surface area (Å²) in [6.07, 6.45) is -5.14. The molecule has 0 fully saturated rings. The van der Waals surface area contributed by atoms with Crippen LogP contribution in [0, 0.1) is 0 Å². The first-order valence-corrected chi connectivity index (χ1v) is 5.98. The highest BCUT2D eigenvalue weighted by atomic mass is 35.5. The third-order valence-electron chi connectivity index (χ3n) is 2.64. The summed E-state index contributed by atoms with van der Waals surface area (Å²) >= 11 is 5.72. The van der Waals surface area contributed by atoms with Crippen molar-refractivity contribution in [2.24, 2.45) is 0 Å². The topological polar surface area (TPSA) is 50.9 Å². The van der Waals surface area contributed by atoms with E-state index in [2.05, 4.69) is 9.97 Å². The van der Waals surface area contributed by atoms with Crippen LogP contribution in [0.2, 0.25) is 5.15 Å². The van der Waals surface area contributed by atoms with Crippen LogP contribution in [-0.2, 0) is 13.2 Å². The number of pyridine rings is 1. The molecule has 0 amide bonds. The maximum Gasteiger partial charge on any atom is 0.389 e. The zero-order valence-corrected chi connectivity index (χ0v) is 10.5. The minimum absolute atomic E-state index is 0.0788. The number of nitrogens with zero attached hydrogens (tertiary/aromatic N) is 3. The monoisotopic (exact) mass is 293 g/mol. The molecule has 2 aromatic heterocycles. The van der Waals surface area contributed by atoms with Crippen LogP contribution in [0.5, 0.6) is 0 Å². The number of rotatable bonds is 4. The van der Waals surface area contributed by atoms with Crippen molar-refractivity contribution in [3.63, 3.8) is 0 Å². The number of aromatic nitrogens is 3. The van der Waals surface area contributed by atoms with Gasteiger partial charge in [-0.2, -0.15) is 13.2 Å².